The Bertz CT molecular complexity index is 1380. The van der Waals surface area contributed by atoms with Gasteiger partial charge in [-0.2, -0.15) is 26.3 Å². The quantitative estimate of drug-likeness (QED) is 0.137. The molecule has 0 saturated carbocycles. The smallest absolute Gasteiger partial charge is 0.358 e. The Kier molecular flexibility index (Phi) is 16.0. The molecule has 1 N–H and O–H groups in total. The Morgan fingerprint density at radius 3 is 2.02 bits per heavy atom. The van der Waals surface area contributed by atoms with E-state index in [0.717, 1.165) is 30.9 Å². The Morgan fingerprint density at radius 2 is 1.55 bits per heavy atom. The zero-order valence-electron chi connectivity index (χ0n) is 26.7. The Labute approximate surface area is 263 Å². The molecule has 3 rings (SSSR count). The average Bonchev–Trinajstić information content (AvgIpc) is 3.29. The van der Waals surface area contributed by atoms with Gasteiger partial charge in [-0.25, -0.2) is 0 Å². The maximum atomic E-state index is 12.3. The molecule has 0 amide bonds. The standard InChI is InChI=1S/C21H24ClN.C10H16F3N.C4H5F3/c1-4-5-6-18-19-13-17(22)11-12-20(19)23-21(18)15(3)16-9-7-14(2)8-10-16;1-4-6-8(3)14-9(7-5-2)10(11,12)13;1-3(2)4(5,6)7/h7-13,15,23H,4-6H2,1-3H3;7H,4-6H2,1-3H3;1H2,2H3/b;9-7-,14-8?;/t15-;;/m0../s1. The monoisotopic (exact) mass is 642 g/mol. The number of aryl methyl sites for hydroxylation is 2. The van der Waals surface area contributed by atoms with Crippen molar-refractivity contribution in [1.82, 2.24) is 4.98 Å². The zero-order chi connectivity index (χ0) is 33.7. The third-order valence-electron chi connectivity index (χ3n) is 6.79. The molecular formula is C35H45ClF6N2. The summed E-state index contributed by atoms with van der Waals surface area (Å²) in [6.07, 6.45) is -2.15. The number of hydrogen-bond donors (Lipinski definition) is 1. The molecule has 0 bridgehead atoms. The van der Waals surface area contributed by atoms with E-state index in [9.17, 15) is 26.3 Å². The van der Waals surface area contributed by atoms with Crippen LogP contribution in [0.3, 0.4) is 0 Å². The summed E-state index contributed by atoms with van der Waals surface area (Å²) < 4.78 is 70.2. The number of benzene rings is 2. The highest BCUT2D eigenvalue weighted by Gasteiger charge is 2.33. The van der Waals surface area contributed by atoms with Crippen molar-refractivity contribution in [3.8, 4) is 0 Å². The number of hydrogen-bond acceptors (Lipinski definition) is 1. The number of nitrogens with one attached hydrogen (secondary N) is 1. The Balaban J connectivity index is 0.000000393. The van der Waals surface area contributed by atoms with Crippen LogP contribution in [0.2, 0.25) is 5.02 Å². The lowest BCUT2D eigenvalue weighted by Crippen LogP contribution is -2.11. The number of allylic oxidation sites excluding steroid dienone is 3. The van der Waals surface area contributed by atoms with E-state index in [4.69, 9.17) is 11.6 Å². The molecule has 0 fully saturated rings. The van der Waals surface area contributed by atoms with Gasteiger partial charge in [0, 0.05) is 38.8 Å². The fourth-order valence-corrected chi connectivity index (χ4v) is 4.47. The summed E-state index contributed by atoms with van der Waals surface area (Å²) >= 11 is 6.23. The summed E-state index contributed by atoms with van der Waals surface area (Å²) in [7, 11) is 0. The lowest BCUT2D eigenvalue weighted by atomic mass is 9.92. The number of halogens is 7. The lowest BCUT2D eigenvalue weighted by molar-refractivity contribution is -0.0929. The van der Waals surface area contributed by atoms with E-state index in [0.29, 0.717) is 24.5 Å². The molecule has 1 aromatic heterocycles. The van der Waals surface area contributed by atoms with Crippen LogP contribution in [0.15, 0.2) is 71.4 Å². The van der Waals surface area contributed by atoms with Crippen LogP contribution in [0.4, 0.5) is 26.3 Å². The summed E-state index contributed by atoms with van der Waals surface area (Å²) in [5.74, 6) is 0.355. The number of aliphatic imine (C=N–C) groups is 1. The van der Waals surface area contributed by atoms with Gasteiger partial charge in [0.1, 0.15) is 5.70 Å². The minimum atomic E-state index is -4.33. The van der Waals surface area contributed by atoms with Gasteiger partial charge in [0.25, 0.3) is 0 Å². The molecule has 44 heavy (non-hydrogen) atoms. The van der Waals surface area contributed by atoms with Crippen LogP contribution in [-0.4, -0.2) is 23.0 Å². The van der Waals surface area contributed by atoms with Crippen LogP contribution in [0.1, 0.15) is 102 Å². The highest BCUT2D eigenvalue weighted by molar-refractivity contribution is 6.31. The summed E-state index contributed by atoms with van der Waals surface area (Å²) in [4.78, 5) is 7.23. The molecule has 1 atom stereocenters. The predicted octanol–water partition coefficient (Wildman–Crippen LogP) is 12.9. The number of alkyl halides is 6. The van der Waals surface area contributed by atoms with Crippen molar-refractivity contribution in [2.24, 2.45) is 4.99 Å². The van der Waals surface area contributed by atoms with Crippen LogP contribution in [0.5, 0.6) is 0 Å². The molecule has 1 heterocycles. The SMILES string of the molecule is C=C(C)C(F)(F)F.CC/C=C(\N=C(C)CCC)C(F)(F)F.CCCCc1c([C@@H](C)c2ccc(C)cc2)[nH]c2ccc(Cl)cc12. The van der Waals surface area contributed by atoms with Gasteiger partial charge in [-0.15, -0.1) is 0 Å². The van der Waals surface area contributed by atoms with Crippen molar-refractivity contribution in [2.75, 3.05) is 0 Å². The number of rotatable bonds is 9. The van der Waals surface area contributed by atoms with E-state index in [1.165, 1.54) is 46.1 Å². The number of aromatic nitrogens is 1. The molecule has 0 saturated heterocycles. The lowest BCUT2D eigenvalue weighted by Gasteiger charge is -2.14. The van der Waals surface area contributed by atoms with Crippen LogP contribution in [0, 0.1) is 6.92 Å². The number of nitrogens with zero attached hydrogens (tertiary/aromatic N) is 1. The van der Waals surface area contributed by atoms with E-state index in [2.05, 4.69) is 73.7 Å². The number of aromatic amines is 1. The molecule has 0 unspecified atom stereocenters. The van der Waals surface area contributed by atoms with Crippen molar-refractivity contribution in [2.45, 2.75) is 105 Å². The van der Waals surface area contributed by atoms with Gasteiger partial charge >= 0.3 is 12.4 Å². The van der Waals surface area contributed by atoms with Crippen LogP contribution >= 0.6 is 11.6 Å². The van der Waals surface area contributed by atoms with Gasteiger partial charge in [0.05, 0.1) is 0 Å². The first-order valence-corrected chi connectivity index (χ1v) is 15.2. The van der Waals surface area contributed by atoms with Crippen molar-refractivity contribution >= 4 is 28.2 Å². The summed E-state index contributed by atoms with van der Waals surface area (Å²) in [5.41, 5.74) is 5.61. The zero-order valence-corrected chi connectivity index (χ0v) is 27.5. The molecule has 0 radical (unpaired) electrons. The topological polar surface area (TPSA) is 28.1 Å². The van der Waals surface area contributed by atoms with Gasteiger partial charge in [-0.1, -0.05) is 94.6 Å². The van der Waals surface area contributed by atoms with Crippen molar-refractivity contribution < 1.29 is 26.3 Å². The first-order valence-electron chi connectivity index (χ1n) is 14.9. The van der Waals surface area contributed by atoms with Gasteiger partial charge < -0.3 is 4.98 Å². The van der Waals surface area contributed by atoms with Crippen LogP contribution in [-0.2, 0) is 6.42 Å². The molecule has 2 aromatic carbocycles. The Hall–Kier alpha value is -3.00. The van der Waals surface area contributed by atoms with E-state index in [1.54, 1.807) is 13.8 Å². The summed E-state index contributed by atoms with van der Waals surface area (Å²) in [5, 5.41) is 2.09. The van der Waals surface area contributed by atoms with E-state index >= 15 is 0 Å². The molecule has 0 aliphatic heterocycles. The Morgan fingerprint density at radius 1 is 0.955 bits per heavy atom. The minimum absolute atomic E-state index is 0.345. The third-order valence-corrected chi connectivity index (χ3v) is 7.02. The number of H-pyrrole nitrogens is 1. The minimum Gasteiger partial charge on any atom is -0.358 e. The van der Waals surface area contributed by atoms with E-state index < -0.39 is 23.6 Å². The van der Waals surface area contributed by atoms with Gasteiger partial charge in [-0.05, 0) is 75.8 Å². The first kappa shape index (κ1) is 39.0. The van der Waals surface area contributed by atoms with Crippen molar-refractivity contribution in [3.63, 3.8) is 0 Å². The molecule has 2 nitrogen and oxygen atoms in total. The molecule has 244 valence electrons. The molecule has 0 spiro atoms. The highest BCUT2D eigenvalue weighted by Crippen LogP contribution is 2.34. The third kappa shape index (κ3) is 12.9. The van der Waals surface area contributed by atoms with E-state index in [1.807, 2.05) is 13.0 Å². The van der Waals surface area contributed by atoms with Crippen molar-refractivity contribution in [3.05, 3.63) is 93.8 Å². The second-order valence-electron chi connectivity index (χ2n) is 10.8. The number of unbranched alkanes of at least 4 members (excludes halogenated alkanes) is 1. The maximum Gasteiger partial charge on any atom is 0.433 e. The second-order valence-corrected chi connectivity index (χ2v) is 11.3. The normalized spacial score (nSPS) is 13.1. The first-order chi connectivity index (χ1) is 20.5. The second kappa shape index (κ2) is 18.1. The van der Waals surface area contributed by atoms with Crippen LogP contribution < -0.4 is 0 Å². The highest BCUT2D eigenvalue weighted by atomic mass is 35.5. The van der Waals surface area contributed by atoms with Crippen LogP contribution in [0.25, 0.3) is 10.9 Å². The van der Waals surface area contributed by atoms with Gasteiger partial charge in [0.15, 0.2) is 0 Å². The fraction of sp³-hybridized carbons (Fsp3) is 0.457. The number of fused-ring (bicyclic) bond motifs is 1. The molecule has 3 aromatic rings. The molecule has 0 aliphatic rings. The predicted molar refractivity (Wildman–Crippen MR) is 174 cm³/mol. The molecule has 0 aliphatic carbocycles. The van der Waals surface area contributed by atoms with Gasteiger partial charge in [-0.3, -0.25) is 4.99 Å². The van der Waals surface area contributed by atoms with E-state index in [-0.39, 0.29) is 0 Å². The average molecular weight is 643 g/mol. The summed E-state index contributed by atoms with van der Waals surface area (Å²) in [6.45, 7) is 15.5. The summed E-state index contributed by atoms with van der Waals surface area (Å²) in [6, 6.07) is 15.0. The maximum absolute atomic E-state index is 12.3. The molecule has 9 heteroatoms. The molecular weight excluding hydrogens is 598 g/mol. The fourth-order valence-electron chi connectivity index (χ4n) is 4.30. The van der Waals surface area contributed by atoms with Crippen molar-refractivity contribution in [1.29, 1.82) is 0 Å². The largest absolute Gasteiger partial charge is 0.433 e. The van der Waals surface area contributed by atoms with Gasteiger partial charge in [0.2, 0.25) is 0 Å².